The van der Waals surface area contributed by atoms with Gasteiger partial charge in [-0.1, -0.05) is 18.6 Å². The minimum absolute atomic E-state index is 0.0526. The topological polar surface area (TPSA) is 41.1 Å². The lowest BCUT2D eigenvalue weighted by atomic mass is 10.0. The van der Waals surface area contributed by atoms with Crippen molar-refractivity contribution in [3.8, 4) is 0 Å². The first-order chi connectivity index (χ1) is 9.75. The van der Waals surface area contributed by atoms with E-state index in [0.717, 1.165) is 43.5 Å². The second kappa shape index (κ2) is 6.14. The van der Waals surface area contributed by atoms with Crippen LogP contribution in [0, 0.1) is 5.82 Å². The molecule has 1 fully saturated rings. The van der Waals surface area contributed by atoms with Gasteiger partial charge in [0, 0.05) is 10.6 Å². The summed E-state index contributed by atoms with van der Waals surface area (Å²) in [5.74, 6) is 0.718. The highest BCUT2D eigenvalue weighted by molar-refractivity contribution is 7.99. The quantitative estimate of drug-likeness (QED) is 0.881. The molecule has 2 heterocycles. The Morgan fingerprint density at radius 3 is 3.05 bits per heavy atom. The Hall–Kier alpha value is -1.07. The number of benzene rings is 1. The van der Waals surface area contributed by atoms with E-state index in [2.05, 4.69) is 10.6 Å². The average molecular weight is 294 g/mol. The summed E-state index contributed by atoms with van der Waals surface area (Å²) < 4.78 is 13.8. The summed E-state index contributed by atoms with van der Waals surface area (Å²) in [5, 5.41) is 6.34. The van der Waals surface area contributed by atoms with Crippen LogP contribution in [0.2, 0.25) is 0 Å². The maximum atomic E-state index is 13.8. The van der Waals surface area contributed by atoms with Gasteiger partial charge in [0.05, 0.1) is 12.1 Å². The van der Waals surface area contributed by atoms with Crippen LogP contribution < -0.4 is 10.6 Å². The second-order valence-electron chi connectivity index (χ2n) is 5.36. The largest absolute Gasteiger partial charge is 0.348 e. The summed E-state index contributed by atoms with van der Waals surface area (Å²) in [6.45, 7) is 0.907. The van der Waals surface area contributed by atoms with Gasteiger partial charge >= 0.3 is 0 Å². The number of hydrogen-bond acceptors (Lipinski definition) is 3. The molecule has 2 unspecified atom stereocenters. The number of piperidine rings is 1. The smallest absolute Gasteiger partial charge is 0.237 e. The standard InChI is InChI=1S/C15H19FN2OS/c16-11-5-3-4-10-12(7-9-20-14(10)11)18-15(19)13-6-1-2-8-17-13/h3-5,12-13,17H,1-2,6-9H2,(H,18,19). The van der Waals surface area contributed by atoms with Crippen LogP contribution in [0.4, 0.5) is 4.39 Å². The predicted octanol–water partition coefficient (Wildman–Crippen LogP) is 2.62. The molecule has 2 aliphatic heterocycles. The molecule has 5 heteroatoms. The third kappa shape index (κ3) is 2.83. The fourth-order valence-corrected chi connectivity index (χ4v) is 4.02. The minimum Gasteiger partial charge on any atom is -0.348 e. The van der Waals surface area contributed by atoms with Crippen molar-refractivity contribution < 1.29 is 9.18 Å². The summed E-state index contributed by atoms with van der Waals surface area (Å²) >= 11 is 1.54. The van der Waals surface area contributed by atoms with E-state index in [1.807, 2.05) is 6.07 Å². The first kappa shape index (κ1) is 13.9. The van der Waals surface area contributed by atoms with Gasteiger partial charge in [0.25, 0.3) is 0 Å². The Kier molecular flexibility index (Phi) is 4.27. The van der Waals surface area contributed by atoms with Crippen LogP contribution in [-0.2, 0) is 4.79 Å². The molecule has 1 aromatic rings. The van der Waals surface area contributed by atoms with Gasteiger partial charge in [-0.2, -0.15) is 0 Å². The van der Waals surface area contributed by atoms with Crippen molar-refractivity contribution in [2.75, 3.05) is 12.3 Å². The van der Waals surface area contributed by atoms with Gasteiger partial charge in [0.2, 0.25) is 5.91 Å². The van der Waals surface area contributed by atoms with Crippen LogP contribution in [-0.4, -0.2) is 24.2 Å². The summed E-state index contributed by atoms with van der Waals surface area (Å²) in [6.07, 6.45) is 3.98. The molecule has 1 amide bonds. The van der Waals surface area contributed by atoms with E-state index in [9.17, 15) is 9.18 Å². The van der Waals surface area contributed by atoms with Gasteiger partial charge in [-0.3, -0.25) is 4.79 Å². The molecule has 0 bridgehead atoms. The molecule has 3 nitrogen and oxygen atoms in total. The molecule has 108 valence electrons. The Morgan fingerprint density at radius 2 is 2.25 bits per heavy atom. The molecule has 2 aliphatic rings. The van der Waals surface area contributed by atoms with E-state index in [-0.39, 0.29) is 23.8 Å². The Bertz CT molecular complexity index is 503. The van der Waals surface area contributed by atoms with Crippen molar-refractivity contribution in [2.45, 2.75) is 42.7 Å². The lowest BCUT2D eigenvalue weighted by Gasteiger charge is -2.29. The third-order valence-electron chi connectivity index (χ3n) is 3.97. The molecule has 0 aromatic heterocycles. The van der Waals surface area contributed by atoms with Crippen molar-refractivity contribution in [3.63, 3.8) is 0 Å². The van der Waals surface area contributed by atoms with Crippen LogP contribution in [0.1, 0.15) is 37.3 Å². The number of halogens is 1. The van der Waals surface area contributed by atoms with Crippen LogP contribution in [0.15, 0.2) is 23.1 Å². The summed E-state index contributed by atoms with van der Waals surface area (Å²) in [6, 6.07) is 4.98. The highest BCUT2D eigenvalue weighted by atomic mass is 32.2. The highest BCUT2D eigenvalue weighted by Crippen LogP contribution is 2.37. The number of thioether (sulfide) groups is 1. The van der Waals surface area contributed by atoms with Crippen LogP contribution in [0.5, 0.6) is 0 Å². The summed E-state index contributed by atoms with van der Waals surface area (Å²) in [5.41, 5.74) is 0.922. The Morgan fingerprint density at radius 1 is 1.35 bits per heavy atom. The second-order valence-corrected chi connectivity index (χ2v) is 6.46. The zero-order chi connectivity index (χ0) is 13.9. The maximum Gasteiger partial charge on any atom is 0.237 e. The van der Waals surface area contributed by atoms with E-state index in [1.165, 1.54) is 17.8 Å². The lowest BCUT2D eigenvalue weighted by molar-refractivity contribution is -0.124. The average Bonchev–Trinajstić information content (AvgIpc) is 2.49. The molecule has 1 aromatic carbocycles. The van der Waals surface area contributed by atoms with Crippen LogP contribution >= 0.6 is 11.8 Å². The number of carbonyl (C=O) groups is 1. The fraction of sp³-hybridized carbons (Fsp3) is 0.533. The number of carbonyl (C=O) groups excluding carboxylic acids is 1. The molecule has 0 saturated carbocycles. The first-order valence-electron chi connectivity index (χ1n) is 7.20. The van der Waals surface area contributed by atoms with Gasteiger partial charge in [-0.05, 0) is 37.4 Å². The molecule has 0 radical (unpaired) electrons. The zero-order valence-electron chi connectivity index (χ0n) is 11.3. The van der Waals surface area contributed by atoms with Crippen molar-refractivity contribution >= 4 is 17.7 Å². The minimum atomic E-state index is -0.178. The molecule has 3 rings (SSSR count). The number of nitrogens with one attached hydrogen (secondary N) is 2. The van der Waals surface area contributed by atoms with Crippen molar-refractivity contribution in [3.05, 3.63) is 29.6 Å². The van der Waals surface area contributed by atoms with Gasteiger partial charge in [0.15, 0.2) is 0 Å². The van der Waals surface area contributed by atoms with Crippen molar-refractivity contribution in [1.29, 1.82) is 0 Å². The molecule has 2 atom stereocenters. The maximum absolute atomic E-state index is 13.8. The normalized spacial score (nSPS) is 25.9. The van der Waals surface area contributed by atoms with Crippen molar-refractivity contribution in [2.24, 2.45) is 0 Å². The highest BCUT2D eigenvalue weighted by Gasteiger charge is 2.27. The monoisotopic (exact) mass is 294 g/mol. The molecular weight excluding hydrogens is 275 g/mol. The number of fused-ring (bicyclic) bond motifs is 1. The van der Waals surface area contributed by atoms with Gasteiger partial charge in [0.1, 0.15) is 5.82 Å². The number of amides is 1. The fourth-order valence-electron chi connectivity index (χ4n) is 2.88. The van der Waals surface area contributed by atoms with Crippen LogP contribution in [0.3, 0.4) is 0 Å². The van der Waals surface area contributed by atoms with E-state index >= 15 is 0 Å². The SMILES string of the molecule is O=C(NC1CCSc2c(F)cccc21)C1CCCCN1. The third-order valence-corrected chi connectivity index (χ3v) is 5.13. The van der Waals surface area contributed by atoms with Gasteiger partial charge in [-0.25, -0.2) is 4.39 Å². The molecule has 0 aliphatic carbocycles. The molecule has 0 spiro atoms. The number of hydrogen-bond donors (Lipinski definition) is 2. The van der Waals surface area contributed by atoms with Gasteiger partial charge < -0.3 is 10.6 Å². The van der Waals surface area contributed by atoms with Gasteiger partial charge in [-0.15, -0.1) is 11.8 Å². The van der Waals surface area contributed by atoms with E-state index in [0.29, 0.717) is 4.90 Å². The zero-order valence-corrected chi connectivity index (χ0v) is 12.1. The summed E-state index contributed by atoms with van der Waals surface area (Å²) in [4.78, 5) is 13.0. The molecular formula is C15H19FN2OS. The summed E-state index contributed by atoms with van der Waals surface area (Å²) in [7, 11) is 0. The Balaban J connectivity index is 1.73. The van der Waals surface area contributed by atoms with Crippen molar-refractivity contribution in [1.82, 2.24) is 10.6 Å². The Labute approximate surface area is 122 Å². The van der Waals surface area contributed by atoms with Crippen LogP contribution in [0.25, 0.3) is 0 Å². The predicted molar refractivity (Wildman–Crippen MR) is 78.3 cm³/mol. The first-order valence-corrected chi connectivity index (χ1v) is 8.19. The van der Waals surface area contributed by atoms with E-state index in [1.54, 1.807) is 6.07 Å². The van der Waals surface area contributed by atoms with E-state index < -0.39 is 0 Å². The molecule has 1 saturated heterocycles. The van der Waals surface area contributed by atoms with E-state index in [4.69, 9.17) is 0 Å². The molecule has 20 heavy (non-hydrogen) atoms. The lowest BCUT2D eigenvalue weighted by Crippen LogP contribution is -2.47. The molecule has 2 N–H and O–H groups in total. The number of rotatable bonds is 2.